The van der Waals surface area contributed by atoms with Gasteiger partial charge in [-0.1, -0.05) is 31.2 Å². The summed E-state index contributed by atoms with van der Waals surface area (Å²) in [5.74, 6) is 0. The van der Waals surface area contributed by atoms with Gasteiger partial charge in [0.05, 0.1) is 6.61 Å². The van der Waals surface area contributed by atoms with Crippen molar-refractivity contribution in [3.63, 3.8) is 0 Å². The van der Waals surface area contributed by atoms with Crippen molar-refractivity contribution < 1.29 is 4.74 Å². The summed E-state index contributed by atoms with van der Waals surface area (Å²) in [6, 6.07) is 8.98. The third-order valence-electron chi connectivity index (χ3n) is 3.56. The molecule has 1 aromatic carbocycles. The topological polar surface area (TPSA) is 24.5 Å². The molecule has 0 spiro atoms. The molecule has 3 nitrogen and oxygen atoms in total. The van der Waals surface area contributed by atoms with E-state index in [2.05, 4.69) is 48.3 Å². The van der Waals surface area contributed by atoms with E-state index in [9.17, 15) is 0 Å². The lowest BCUT2D eigenvalue weighted by Gasteiger charge is -2.27. The molecule has 0 saturated heterocycles. The summed E-state index contributed by atoms with van der Waals surface area (Å²) >= 11 is 0. The highest BCUT2D eigenvalue weighted by molar-refractivity contribution is 5.28. The quantitative estimate of drug-likeness (QED) is 0.694. The Labute approximate surface area is 118 Å². The zero-order valence-electron chi connectivity index (χ0n) is 12.8. The Morgan fingerprint density at radius 2 is 2.00 bits per heavy atom. The molecular weight excluding hydrogens is 236 g/mol. The van der Waals surface area contributed by atoms with Gasteiger partial charge in [-0.05, 0) is 38.6 Å². The van der Waals surface area contributed by atoms with E-state index in [-0.39, 0.29) is 0 Å². The molecule has 0 bridgehead atoms. The average Bonchev–Trinajstić information content (AvgIpc) is 2.44. The van der Waals surface area contributed by atoms with Crippen molar-refractivity contribution in [1.82, 2.24) is 10.2 Å². The SMILES string of the molecule is CCOCCN(CC)CC(NC)c1ccccc1C. The second-order valence-corrected chi connectivity index (χ2v) is 4.79. The first-order chi connectivity index (χ1) is 9.22. The first-order valence-corrected chi connectivity index (χ1v) is 7.25. The third-order valence-corrected chi connectivity index (χ3v) is 3.56. The molecule has 3 heteroatoms. The summed E-state index contributed by atoms with van der Waals surface area (Å²) < 4.78 is 5.45. The maximum Gasteiger partial charge on any atom is 0.0593 e. The van der Waals surface area contributed by atoms with Crippen LogP contribution in [0.4, 0.5) is 0 Å². The minimum atomic E-state index is 0.378. The van der Waals surface area contributed by atoms with Crippen molar-refractivity contribution in [2.75, 3.05) is 39.9 Å². The molecule has 1 unspecified atom stereocenters. The Hall–Kier alpha value is -0.900. The average molecular weight is 264 g/mol. The highest BCUT2D eigenvalue weighted by atomic mass is 16.5. The van der Waals surface area contributed by atoms with Crippen LogP contribution in [0, 0.1) is 6.92 Å². The summed E-state index contributed by atoms with van der Waals surface area (Å²) in [4.78, 5) is 2.43. The van der Waals surface area contributed by atoms with E-state index in [4.69, 9.17) is 4.74 Å². The van der Waals surface area contributed by atoms with E-state index >= 15 is 0 Å². The molecule has 1 atom stereocenters. The molecule has 0 amide bonds. The van der Waals surface area contributed by atoms with Crippen molar-refractivity contribution in [1.29, 1.82) is 0 Å². The molecule has 0 heterocycles. The molecule has 0 aliphatic carbocycles. The Bertz CT molecular complexity index is 354. The zero-order valence-corrected chi connectivity index (χ0v) is 12.8. The van der Waals surface area contributed by atoms with Gasteiger partial charge in [-0.15, -0.1) is 0 Å². The normalized spacial score (nSPS) is 12.9. The van der Waals surface area contributed by atoms with Crippen molar-refractivity contribution in [3.05, 3.63) is 35.4 Å². The molecule has 0 aromatic heterocycles. The maximum absolute atomic E-state index is 5.45. The molecule has 0 aliphatic rings. The van der Waals surface area contributed by atoms with Gasteiger partial charge in [-0.3, -0.25) is 4.90 Å². The van der Waals surface area contributed by atoms with E-state index < -0.39 is 0 Å². The number of hydrogen-bond acceptors (Lipinski definition) is 3. The summed E-state index contributed by atoms with van der Waals surface area (Å²) in [6.07, 6.45) is 0. The van der Waals surface area contributed by atoms with Crippen LogP contribution in [0.5, 0.6) is 0 Å². The van der Waals surface area contributed by atoms with Crippen LogP contribution in [0.1, 0.15) is 31.0 Å². The molecule has 108 valence electrons. The van der Waals surface area contributed by atoms with Gasteiger partial charge in [0.2, 0.25) is 0 Å². The van der Waals surface area contributed by atoms with Crippen LogP contribution in [-0.4, -0.2) is 44.8 Å². The number of likely N-dealkylation sites (N-methyl/N-ethyl adjacent to an activating group) is 2. The fourth-order valence-corrected chi connectivity index (χ4v) is 2.30. The van der Waals surface area contributed by atoms with E-state index in [1.807, 2.05) is 14.0 Å². The molecule has 0 saturated carbocycles. The van der Waals surface area contributed by atoms with E-state index in [1.54, 1.807) is 0 Å². The third kappa shape index (κ3) is 5.31. The van der Waals surface area contributed by atoms with Gasteiger partial charge in [-0.25, -0.2) is 0 Å². The van der Waals surface area contributed by atoms with Crippen LogP contribution in [0.15, 0.2) is 24.3 Å². The van der Waals surface area contributed by atoms with Crippen molar-refractivity contribution in [2.24, 2.45) is 0 Å². The van der Waals surface area contributed by atoms with Gasteiger partial charge in [0.15, 0.2) is 0 Å². The standard InChI is InChI=1S/C16H28N2O/c1-5-18(11-12-19-6-2)13-16(17-4)15-10-8-7-9-14(15)3/h7-10,16-17H,5-6,11-13H2,1-4H3. The summed E-state index contributed by atoms with van der Waals surface area (Å²) in [5.41, 5.74) is 2.74. The largest absolute Gasteiger partial charge is 0.380 e. The number of rotatable bonds is 9. The molecule has 0 fully saturated rings. The second-order valence-electron chi connectivity index (χ2n) is 4.79. The minimum absolute atomic E-state index is 0.378. The predicted octanol–water partition coefficient (Wildman–Crippen LogP) is 2.61. The van der Waals surface area contributed by atoms with Gasteiger partial charge in [0, 0.05) is 25.7 Å². The lowest BCUT2D eigenvalue weighted by Crippen LogP contribution is -2.36. The van der Waals surface area contributed by atoms with Gasteiger partial charge in [0.1, 0.15) is 0 Å². The first-order valence-electron chi connectivity index (χ1n) is 7.25. The Balaban J connectivity index is 2.62. The fourth-order valence-electron chi connectivity index (χ4n) is 2.30. The van der Waals surface area contributed by atoms with Gasteiger partial charge >= 0.3 is 0 Å². The lowest BCUT2D eigenvalue weighted by molar-refractivity contribution is 0.111. The molecule has 1 N–H and O–H groups in total. The lowest BCUT2D eigenvalue weighted by atomic mass is 10.0. The number of nitrogens with zero attached hydrogens (tertiary/aromatic N) is 1. The van der Waals surface area contributed by atoms with Gasteiger partial charge in [0.25, 0.3) is 0 Å². The molecule has 19 heavy (non-hydrogen) atoms. The van der Waals surface area contributed by atoms with E-state index in [0.29, 0.717) is 6.04 Å². The maximum atomic E-state index is 5.45. The van der Waals surface area contributed by atoms with Crippen LogP contribution >= 0.6 is 0 Å². The van der Waals surface area contributed by atoms with Crippen LogP contribution in [0.2, 0.25) is 0 Å². The van der Waals surface area contributed by atoms with Crippen LogP contribution in [0.3, 0.4) is 0 Å². The van der Waals surface area contributed by atoms with E-state index in [0.717, 1.165) is 32.8 Å². The van der Waals surface area contributed by atoms with Gasteiger partial charge < -0.3 is 10.1 Å². The van der Waals surface area contributed by atoms with Crippen molar-refractivity contribution >= 4 is 0 Å². The molecular formula is C16H28N2O. The zero-order chi connectivity index (χ0) is 14.1. The first kappa shape index (κ1) is 16.2. The number of hydrogen-bond donors (Lipinski definition) is 1. The van der Waals surface area contributed by atoms with Crippen LogP contribution in [0.25, 0.3) is 0 Å². The molecule has 1 aromatic rings. The number of nitrogens with one attached hydrogen (secondary N) is 1. The Kier molecular flexibility index (Phi) is 7.72. The molecule has 1 rings (SSSR count). The molecule has 0 aliphatic heterocycles. The van der Waals surface area contributed by atoms with Crippen molar-refractivity contribution in [2.45, 2.75) is 26.8 Å². The number of benzene rings is 1. The highest BCUT2D eigenvalue weighted by Gasteiger charge is 2.14. The number of ether oxygens (including phenoxy) is 1. The Morgan fingerprint density at radius 3 is 2.58 bits per heavy atom. The fraction of sp³-hybridized carbons (Fsp3) is 0.625. The summed E-state index contributed by atoms with van der Waals surface area (Å²) in [6.45, 7) is 11.1. The molecule has 0 radical (unpaired) electrons. The summed E-state index contributed by atoms with van der Waals surface area (Å²) in [7, 11) is 2.04. The Morgan fingerprint density at radius 1 is 1.26 bits per heavy atom. The summed E-state index contributed by atoms with van der Waals surface area (Å²) in [5, 5.41) is 3.43. The smallest absolute Gasteiger partial charge is 0.0593 e. The minimum Gasteiger partial charge on any atom is -0.380 e. The predicted molar refractivity (Wildman–Crippen MR) is 81.6 cm³/mol. The van der Waals surface area contributed by atoms with E-state index in [1.165, 1.54) is 11.1 Å². The van der Waals surface area contributed by atoms with Crippen molar-refractivity contribution in [3.8, 4) is 0 Å². The van der Waals surface area contributed by atoms with Crippen LogP contribution < -0.4 is 5.32 Å². The highest BCUT2D eigenvalue weighted by Crippen LogP contribution is 2.18. The van der Waals surface area contributed by atoms with Crippen LogP contribution in [-0.2, 0) is 4.74 Å². The van der Waals surface area contributed by atoms with Gasteiger partial charge in [-0.2, -0.15) is 0 Å². The monoisotopic (exact) mass is 264 g/mol. The number of aryl methyl sites for hydroxylation is 1. The second kappa shape index (κ2) is 9.08.